The summed E-state index contributed by atoms with van der Waals surface area (Å²) >= 11 is 3.61. The van der Waals surface area contributed by atoms with Crippen LogP contribution in [0, 0.1) is 5.92 Å². The SMILES string of the molecule is CCOC1CC(CC(=O)N2CCC(Br)CC2)C1. The highest BCUT2D eigenvalue weighted by molar-refractivity contribution is 9.09. The molecule has 2 aliphatic rings. The molecule has 1 saturated carbocycles. The van der Waals surface area contributed by atoms with Gasteiger partial charge in [0.1, 0.15) is 0 Å². The first-order valence-corrected chi connectivity index (χ1v) is 7.64. The molecule has 0 atom stereocenters. The zero-order valence-electron chi connectivity index (χ0n) is 10.5. The predicted molar refractivity (Wildman–Crippen MR) is 71.3 cm³/mol. The number of ether oxygens (including phenoxy) is 1. The van der Waals surface area contributed by atoms with Crippen LogP contribution in [0.2, 0.25) is 0 Å². The van der Waals surface area contributed by atoms with Crippen molar-refractivity contribution < 1.29 is 9.53 Å². The lowest BCUT2D eigenvalue weighted by atomic mass is 9.79. The second kappa shape index (κ2) is 6.19. The molecule has 4 heteroatoms. The Hall–Kier alpha value is -0.0900. The second-order valence-electron chi connectivity index (χ2n) is 5.17. The molecule has 3 nitrogen and oxygen atoms in total. The average Bonchev–Trinajstić information content (AvgIpc) is 2.27. The smallest absolute Gasteiger partial charge is 0.222 e. The molecule has 0 unspecified atom stereocenters. The number of carbonyl (C=O) groups excluding carboxylic acids is 1. The molecule has 2 fully saturated rings. The molecule has 0 aromatic heterocycles. The summed E-state index contributed by atoms with van der Waals surface area (Å²) in [4.78, 5) is 14.7. The van der Waals surface area contributed by atoms with Crippen LogP contribution in [-0.4, -0.2) is 41.4 Å². The fraction of sp³-hybridized carbons (Fsp3) is 0.923. The summed E-state index contributed by atoms with van der Waals surface area (Å²) in [5.74, 6) is 0.921. The van der Waals surface area contributed by atoms with Gasteiger partial charge in [0.2, 0.25) is 5.91 Å². The Labute approximate surface area is 112 Å². The van der Waals surface area contributed by atoms with Gasteiger partial charge in [-0.05, 0) is 38.5 Å². The normalized spacial score (nSPS) is 30.1. The van der Waals surface area contributed by atoms with Gasteiger partial charge in [0, 0.05) is 30.9 Å². The Balaban J connectivity index is 1.65. The van der Waals surface area contributed by atoms with Crippen LogP contribution in [0.5, 0.6) is 0 Å². The molecular weight excluding hydrogens is 282 g/mol. The first kappa shape index (κ1) is 13.3. The molecule has 0 N–H and O–H groups in total. The van der Waals surface area contributed by atoms with E-state index in [4.69, 9.17) is 4.74 Å². The molecule has 1 aliphatic heterocycles. The van der Waals surface area contributed by atoms with E-state index in [1.807, 2.05) is 11.8 Å². The highest BCUT2D eigenvalue weighted by Gasteiger charge is 2.32. The minimum atomic E-state index is 0.351. The molecule has 0 bridgehead atoms. The molecule has 0 radical (unpaired) electrons. The highest BCUT2D eigenvalue weighted by Crippen LogP contribution is 2.33. The second-order valence-corrected chi connectivity index (χ2v) is 6.47. The molecule has 1 amide bonds. The van der Waals surface area contributed by atoms with Crippen LogP contribution in [0.1, 0.15) is 39.0 Å². The van der Waals surface area contributed by atoms with Crippen molar-refractivity contribution in [3.05, 3.63) is 0 Å². The van der Waals surface area contributed by atoms with E-state index in [0.29, 0.717) is 22.8 Å². The van der Waals surface area contributed by atoms with E-state index in [9.17, 15) is 4.79 Å². The maximum absolute atomic E-state index is 12.0. The van der Waals surface area contributed by atoms with Gasteiger partial charge in [-0.3, -0.25) is 4.79 Å². The Morgan fingerprint density at radius 2 is 2.00 bits per heavy atom. The summed E-state index contributed by atoms with van der Waals surface area (Å²) in [6.07, 6.45) is 5.50. The van der Waals surface area contributed by atoms with E-state index in [0.717, 1.165) is 51.8 Å². The third-order valence-corrected chi connectivity index (χ3v) is 4.75. The maximum atomic E-state index is 12.0. The molecule has 98 valence electrons. The molecule has 2 rings (SSSR count). The van der Waals surface area contributed by atoms with Crippen molar-refractivity contribution in [2.45, 2.75) is 50.0 Å². The summed E-state index contributed by atoms with van der Waals surface area (Å²) in [5.41, 5.74) is 0. The summed E-state index contributed by atoms with van der Waals surface area (Å²) in [5, 5.41) is 0. The number of alkyl halides is 1. The average molecular weight is 304 g/mol. The van der Waals surface area contributed by atoms with Gasteiger partial charge in [-0.25, -0.2) is 0 Å². The van der Waals surface area contributed by atoms with Crippen LogP contribution in [0.25, 0.3) is 0 Å². The lowest BCUT2D eigenvalue weighted by Gasteiger charge is -2.37. The predicted octanol–water partition coefficient (Wildman–Crippen LogP) is 2.58. The van der Waals surface area contributed by atoms with E-state index in [2.05, 4.69) is 15.9 Å². The fourth-order valence-corrected chi connectivity index (χ4v) is 3.10. The van der Waals surface area contributed by atoms with Crippen molar-refractivity contribution in [3.8, 4) is 0 Å². The van der Waals surface area contributed by atoms with E-state index in [1.165, 1.54) is 0 Å². The van der Waals surface area contributed by atoms with Crippen LogP contribution in [0.4, 0.5) is 0 Å². The van der Waals surface area contributed by atoms with E-state index >= 15 is 0 Å². The Bertz CT molecular complexity index is 258. The molecular formula is C13H22BrNO2. The van der Waals surface area contributed by atoms with Gasteiger partial charge >= 0.3 is 0 Å². The van der Waals surface area contributed by atoms with Crippen LogP contribution in [0.3, 0.4) is 0 Å². The van der Waals surface area contributed by atoms with Gasteiger partial charge in [-0.15, -0.1) is 0 Å². The molecule has 0 aromatic carbocycles. The Kier molecular flexibility index (Phi) is 4.86. The number of hydrogen-bond acceptors (Lipinski definition) is 2. The summed E-state index contributed by atoms with van der Waals surface area (Å²) < 4.78 is 5.52. The largest absolute Gasteiger partial charge is 0.378 e. The number of likely N-dealkylation sites (tertiary alicyclic amines) is 1. The number of rotatable bonds is 4. The third-order valence-electron chi connectivity index (χ3n) is 3.84. The highest BCUT2D eigenvalue weighted by atomic mass is 79.9. The Morgan fingerprint density at radius 3 is 2.59 bits per heavy atom. The van der Waals surface area contributed by atoms with E-state index in [1.54, 1.807) is 0 Å². The summed E-state index contributed by atoms with van der Waals surface area (Å²) in [7, 11) is 0. The van der Waals surface area contributed by atoms with Gasteiger partial charge in [0.15, 0.2) is 0 Å². The lowest BCUT2D eigenvalue weighted by Crippen LogP contribution is -2.41. The van der Waals surface area contributed by atoms with Crippen molar-refractivity contribution in [3.63, 3.8) is 0 Å². The zero-order valence-corrected chi connectivity index (χ0v) is 12.1. The maximum Gasteiger partial charge on any atom is 0.222 e. The number of nitrogens with zero attached hydrogens (tertiary/aromatic N) is 1. The number of amides is 1. The van der Waals surface area contributed by atoms with Crippen LogP contribution >= 0.6 is 15.9 Å². The van der Waals surface area contributed by atoms with Gasteiger partial charge in [0.05, 0.1) is 6.10 Å². The van der Waals surface area contributed by atoms with Crippen molar-refractivity contribution in [1.29, 1.82) is 0 Å². The standard InChI is InChI=1S/C13H22BrNO2/c1-2-17-12-7-10(8-12)9-13(16)15-5-3-11(14)4-6-15/h10-12H,2-9H2,1H3. The Morgan fingerprint density at radius 1 is 1.35 bits per heavy atom. The molecule has 1 heterocycles. The fourth-order valence-electron chi connectivity index (χ4n) is 2.69. The van der Waals surface area contributed by atoms with Gasteiger partial charge < -0.3 is 9.64 Å². The van der Waals surface area contributed by atoms with Gasteiger partial charge in [-0.1, -0.05) is 15.9 Å². The lowest BCUT2D eigenvalue weighted by molar-refractivity contribution is -0.135. The van der Waals surface area contributed by atoms with Gasteiger partial charge in [0.25, 0.3) is 0 Å². The first-order chi connectivity index (χ1) is 8.19. The molecule has 1 saturated heterocycles. The van der Waals surface area contributed by atoms with E-state index in [-0.39, 0.29) is 0 Å². The first-order valence-electron chi connectivity index (χ1n) is 6.72. The van der Waals surface area contributed by atoms with Crippen molar-refractivity contribution in [2.24, 2.45) is 5.92 Å². The van der Waals surface area contributed by atoms with Crippen molar-refractivity contribution in [2.75, 3.05) is 19.7 Å². The number of hydrogen-bond donors (Lipinski definition) is 0. The topological polar surface area (TPSA) is 29.5 Å². The minimum absolute atomic E-state index is 0.351. The number of halogens is 1. The van der Waals surface area contributed by atoms with Crippen molar-refractivity contribution >= 4 is 21.8 Å². The van der Waals surface area contributed by atoms with E-state index < -0.39 is 0 Å². The summed E-state index contributed by atoms with van der Waals surface area (Å²) in [6.45, 7) is 4.68. The van der Waals surface area contributed by atoms with Crippen molar-refractivity contribution in [1.82, 2.24) is 4.90 Å². The van der Waals surface area contributed by atoms with Gasteiger partial charge in [-0.2, -0.15) is 0 Å². The van der Waals surface area contributed by atoms with Crippen LogP contribution in [0.15, 0.2) is 0 Å². The molecule has 1 aliphatic carbocycles. The minimum Gasteiger partial charge on any atom is -0.378 e. The molecule has 0 aromatic rings. The van der Waals surface area contributed by atoms with Crippen LogP contribution < -0.4 is 0 Å². The quantitative estimate of drug-likeness (QED) is 0.747. The third kappa shape index (κ3) is 3.68. The summed E-state index contributed by atoms with van der Waals surface area (Å²) in [6, 6.07) is 0. The number of piperidine rings is 1. The molecule has 17 heavy (non-hydrogen) atoms. The zero-order chi connectivity index (χ0) is 12.3. The number of carbonyl (C=O) groups is 1. The van der Waals surface area contributed by atoms with Crippen LogP contribution in [-0.2, 0) is 9.53 Å². The monoisotopic (exact) mass is 303 g/mol. The molecule has 0 spiro atoms.